The molecular weight excluding hydrogens is 524 g/mol. The number of aliphatic hydroxyl groups excluding tert-OH is 1. The molecule has 0 radical (unpaired) electrons. The lowest BCUT2D eigenvalue weighted by atomic mass is 9.92. The summed E-state index contributed by atoms with van der Waals surface area (Å²) in [7, 11) is 0. The van der Waals surface area contributed by atoms with Gasteiger partial charge in [0.1, 0.15) is 6.04 Å². The molecule has 2 N–H and O–H groups in total. The molecule has 2 aliphatic rings. The van der Waals surface area contributed by atoms with Gasteiger partial charge in [0.25, 0.3) is 5.91 Å². The Kier molecular flexibility index (Phi) is 7.32. The number of β-amino-alcohol motifs (C(OH)–C–C–N with tert-alkyl or cyclic N) is 1. The van der Waals surface area contributed by atoms with E-state index in [1.165, 1.54) is 5.56 Å². The fourth-order valence-corrected chi connectivity index (χ4v) is 5.68. The van der Waals surface area contributed by atoms with Crippen LogP contribution in [-0.2, 0) is 11.2 Å². The van der Waals surface area contributed by atoms with Crippen LogP contribution in [0.2, 0.25) is 0 Å². The summed E-state index contributed by atoms with van der Waals surface area (Å²) in [5, 5.41) is 10.3. The number of amides is 2. The van der Waals surface area contributed by atoms with Crippen molar-refractivity contribution >= 4 is 38.8 Å². The van der Waals surface area contributed by atoms with Gasteiger partial charge in [0, 0.05) is 65.9 Å². The molecule has 0 spiro atoms. The Morgan fingerprint density at radius 2 is 1.83 bits per heavy atom. The van der Waals surface area contributed by atoms with Crippen molar-refractivity contribution < 1.29 is 19.4 Å². The molecule has 1 unspecified atom stereocenters. The minimum absolute atomic E-state index is 0.00671. The van der Waals surface area contributed by atoms with Crippen LogP contribution in [0.3, 0.4) is 0 Å². The van der Waals surface area contributed by atoms with Crippen LogP contribution in [0.5, 0.6) is 0 Å². The van der Waals surface area contributed by atoms with Gasteiger partial charge in [-0.1, -0.05) is 28.1 Å². The fraction of sp³-hybridized carbons (Fsp3) is 0.407. The first-order valence-corrected chi connectivity index (χ1v) is 13.2. The summed E-state index contributed by atoms with van der Waals surface area (Å²) in [4.78, 5) is 35.4. The van der Waals surface area contributed by atoms with Crippen molar-refractivity contribution in [2.24, 2.45) is 0 Å². The molecule has 0 saturated carbocycles. The zero-order valence-electron chi connectivity index (χ0n) is 20.4. The molecule has 8 nitrogen and oxygen atoms in total. The number of carbonyl (C=O) groups excluding carboxylic acids is 2. The Morgan fingerprint density at radius 1 is 1.08 bits per heavy atom. The number of nitrogens with zero attached hydrogens (tertiary/aromatic N) is 3. The van der Waals surface area contributed by atoms with Gasteiger partial charge in [0.15, 0.2) is 0 Å². The van der Waals surface area contributed by atoms with Crippen LogP contribution in [0, 0.1) is 0 Å². The molecule has 2 aromatic carbocycles. The molecule has 1 saturated heterocycles. The van der Waals surface area contributed by atoms with E-state index in [9.17, 15) is 9.59 Å². The number of benzene rings is 2. The van der Waals surface area contributed by atoms with Crippen LogP contribution in [0.4, 0.5) is 4.79 Å². The third kappa shape index (κ3) is 4.75. The first-order chi connectivity index (χ1) is 17.5. The number of halogens is 1. The lowest BCUT2D eigenvalue weighted by Gasteiger charge is -2.35. The monoisotopic (exact) mass is 554 g/mol. The molecule has 3 aromatic rings. The number of hydrogen-bond donors (Lipinski definition) is 2. The maximum atomic E-state index is 13.1. The Bertz CT molecular complexity index is 1250. The van der Waals surface area contributed by atoms with Gasteiger partial charge in [-0.25, -0.2) is 4.79 Å². The van der Waals surface area contributed by atoms with Crippen molar-refractivity contribution in [3.63, 3.8) is 0 Å². The van der Waals surface area contributed by atoms with E-state index in [1.54, 1.807) is 4.90 Å². The molecule has 0 bridgehead atoms. The standard InChI is InChI=1S/C27H31BrN4O4/c1-2-36-27(35)32-10-9-21-22-17-20(28)7-8-23(22)29-24(21)25(32)18-3-5-19(6-4-18)26(34)31-13-11-30(12-14-31)15-16-33/h3-8,17,25,29,33H,2,9-16H2,1H3. The van der Waals surface area contributed by atoms with Gasteiger partial charge in [0.2, 0.25) is 0 Å². The van der Waals surface area contributed by atoms with E-state index in [0.717, 1.165) is 46.1 Å². The third-order valence-corrected chi connectivity index (χ3v) is 7.63. The van der Waals surface area contributed by atoms with Gasteiger partial charge >= 0.3 is 6.09 Å². The van der Waals surface area contributed by atoms with Gasteiger partial charge in [-0.05, 0) is 54.8 Å². The second-order valence-electron chi connectivity index (χ2n) is 9.23. The average molecular weight is 555 g/mol. The lowest BCUT2D eigenvalue weighted by molar-refractivity contribution is 0.0614. The van der Waals surface area contributed by atoms with Crippen molar-refractivity contribution in [1.82, 2.24) is 19.7 Å². The summed E-state index contributed by atoms with van der Waals surface area (Å²) in [5.74, 6) is 0.00671. The summed E-state index contributed by atoms with van der Waals surface area (Å²) in [6, 6.07) is 13.4. The highest BCUT2D eigenvalue weighted by atomic mass is 79.9. The molecular formula is C27H31BrN4O4. The van der Waals surface area contributed by atoms with Crippen molar-refractivity contribution in [3.8, 4) is 0 Å². The zero-order chi connectivity index (χ0) is 25.2. The van der Waals surface area contributed by atoms with Gasteiger partial charge in [-0.15, -0.1) is 0 Å². The van der Waals surface area contributed by atoms with E-state index in [4.69, 9.17) is 9.84 Å². The first-order valence-electron chi connectivity index (χ1n) is 12.5. The van der Waals surface area contributed by atoms with Crippen molar-refractivity contribution in [3.05, 3.63) is 69.3 Å². The van der Waals surface area contributed by atoms with Crippen molar-refractivity contribution in [1.29, 1.82) is 0 Å². The number of piperazine rings is 1. The summed E-state index contributed by atoms with van der Waals surface area (Å²) in [6.07, 6.45) is 0.397. The number of aromatic amines is 1. The number of fused-ring (bicyclic) bond motifs is 3. The van der Waals surface area contributed by atoms with Crippen molar-refractivity contribution in [2.75, 3.05) is 52.5 Å². The van der Waals surface area contributed by atoms with Crippen LogP contribution in [0.15, 0.2) is 46.9 Å². The largest absolute Gasteiger partial charge is 0.450 e. The lowest BCUT2D eigenvalue weighted by Crippen LogP contribution is -2.49. The van der Waals surface area contributed by atoms with Crippen LogP contribution >= 0.6 is 15.9 Å². The number of aromatic nitrogens is 1. The smallest absolute Gasteiger partial charge is 0.410 e. The molecule has 3 heterocycles. The number of H-pyrrole nitrogens is 1. The van der Waals surface area contributed by atoms with E-state index in [-0.39, 0.29) is 24.6 Å². The third-order valence-electron chi connectivity index (χ3n) is 7.14. The molecule has 9 heteroatoms. The highest BCUT2D eigenvalue weighted by molar-refractivity contribution is 9.10. The van der Waals surface area contributed by atoms with E-state index in [0.29, 0.717) is 38.3 Å². The predicted octanol–water partition coefficient (Wildman–Crippen LogP) is 3.78. The molecule has 1 aromatic heterocycles. The molecule has 0 aliphatic carbocycles. The van der Waals surface area contributed by atoms with Crippen LogP contribution in [0.1, 0.15) is 40.1 Å². The number of rotatable bonds is 5. The van der Waals surface area contributed by atoms with Gasteiger partial charge in [-0.2, -0.15) is 0 Å². The quantitative estimate of drug-likeness (QED) is 0.501. The van der Waals surface area contributed by atoms with Gasteiger partial charge < -0.3 is 19.7 Å². The zero-order valence-corrected chi connectivity index (χ0v) is 22.0. The summed E-state index contributed by atoms with van der Waals surface area (Å²) in [6.45, 7) is 6.27. The minimum Gasteiger partial charge on any atom is -0.450 e. The molecule has 190 valence electrons. The first kappa shape index (κ1) is 24.8. The number of aliphatic hydroxyl groups is 1. The summed E-state index contributed by atoms with van der Waals surface area (Å²) < 4.78 is 6.41. The summed E-state index contributed by atoms with van der Waals surface area (Å²) in [5.41, 5.74) is 4.79. The van der Waals surface area contributed by atoms with E-state index in [1.807, 2.05) is 48.2 Å². The average Bonchev–Trinajstić information content (AvgIpc) is 3.26. The summed E-state index contributed by atoms with van der Waals surface area (Å²) >= 11 is 3.58. The SMILES string of the molecule is CCOC(=O)N1CCc2c([nH]c3ccc(Br)cc23)C1c1ccc(C(=O)N2CCN(CCO)CC2)cc1. The topological polar surface area (TPSA) is 89.1 Å². The maximum Gasteiger partial charge on any atom is 0.410 e. The normalized spacial score (nSPS) is 18.4. The highest BCUT2D eigenvalue weighted by Crippen LogP contribution is 2.39. The van der Waals surface area contributed by atoms with E-state index < -0.39 is 0 Å². The molecule has 2 amide bonds. The second kappa shape index (κ2) is 10.6. The Hall–Kier alpha value is -2.88. The maximum absolute atomic E-state index is 13.1. The fourth-order valence-electron chi connectivity index (χ4n) is 5.32. The number of carbonyl (C=O) groups is 2. The highest BCUT2D eigenvalue weighted by Gasteiger charge is 2.35. The van der Waals surface area contributed by atoms with Crippen molar-refractivity contribution in [2.45, 2.75) is 19.4 Å². The predicted molar refractivity (Wildman–Crippen MR) is 141 cm³/mol. The second-order valence-corrected chi connectivity index (χ2v) is 10.1. The van der Waals surface area contributed by atoms with Gasteiger partial charge in [-0.3, -0.25) is 14.6 Å². The van der Waals surface area contributed by atoms with Gasteiger partial charge in [0.05, 0.1) is 13.2 Å². The van der Waals surface area contributed by atoms with Crippen LogP contribution in [0.25, 0.3) is 10.9 Å². The molecule has 36 heavy (non-hydrogen) atoms. The molecule has 5 rings (SSSR count). The van der Waals surface area contributed by atoms with Crippen LogP contribution in [-0.4, -0.2) is 89.3 Å². The minimum atomic E-state index is -0.339. The molecule has 1 atom stereocenters. The Labute approximate surface area is 218 Å². The van der Waals surface area contributed by atoms with E-state index >= 15 is 0 Å². The van der Waals surface area contributed by atoms with Crippen LogP contribution < -0.4 is 0 Å². The molecule has 2 aliphatic heterocycles. The number of nitrogens with one attached hydrogen (secondary N) is 1. The Balaban J connectivity index is 1.43. The van der Waals surface area contributed by atoms with E-state index in [2.05, 4.69) is 31.9 Å². The number of ether oxygens (including phenoxy) is 1. The molecule has 1 fully saturated rings. The number of hydrogen-bond acceptors (Lipinski definition) is 5. The Morgan fingerprint density at radius 3 is 2.53 bits per heavy atom.